The average molecular weight is 444 g/mol. The smallest absolute Gasteiger partial charge is 0.337 e. The Kier molecular flexibility index (Phi) is 6.64. The van der Waals surface area contributed by atoms with E-state index in [9.17, 15) is 9.59 Å². The van der Waals surface area contributed by atoms with Gasteiger partial charge in [0.15, 0.2) is 0 Å². The number of aromatic nitrogens is 3. The number of esters is 1. The van der Waals surface area contributed by atoms with Crippen LogP contribution in [0.2, 0.25) is 0 Å². The van der Waals surface area contributed by atoms with Crippen LogP contribution in [0.5, 0.6) is 0 Å². The Morgan fingerprint density at radius 3 is 2.64 bits per heavy atom. The van der Waals surface area contributed by atoms with Gasteiger partial charge in [0.25, 0.3) is 0 Å². The van der Waals surface area contributed by atoms with Crippen LogP contribution in [0, 0.1) is 11.3 Å². The molecule has 0 saturated carbocycles. The number of anilines is 1. The fourth-order valence-electron chi connectivity index (χ4n) is 3.92. The monoisotopic (exact) mass is 444 g/mol. The number of hydrogen-bond acceptors (Lipinski definition) is 7. The maximum Gasteiger partial charge on any atom is 0.337 e. The second-order valence-electron chi connectivity index (χ2n) is 7.74. The molecule has 0 bridgehead atoms. The summed E-state index contributed by atoms with van der Waals surface area (Å²) in [6.07, 6.45) is 3.54. The van der Waals surface area contributed by atoms with Crippen molar-refractivity contribution in [2.45, 2.75) is 25.4 Å². The molecule has 1 saturated heterocycles. The minimum atomic E-state index is -0.388. The number of rotatable bonds is 7. The van der Waals surface area contributed by atoms with E-state index in [-0.39, 0.29) is 17.9 Å². The Morgan fingerprint density at radius 1 is 1.18 bits per heavy atom. The topological polar surface area (TPSA) is 113 Å². The van der Waals surface area contributed by atoms with Crippen LogP contribution in [0.4, 0.5) is 5.69 Å². The third-order valence-electron chi connectivity index (χ3n) is 5.66. The number of methoxy groups -OCH3 is 1. The molecule has 1 amide bonds. The highest BCUT2D eigenvalue weighted by atomic mass is 16.5. The lowest BCUT2D eigenvalue weighted by atomic mass is 10.1. The van der Waals surface area contributed by atoms with E-state index in [1.165, 1.54) is 7.11 Å². The molecule has 0 radical (unpaired) electrons. The van der Waals surface area contributed by atoms with E-state index in [0.29, 0.717) is 29.9 Å². The fraction of sp³-hybridized carbons (Fsp3) is 0.292. The highest BCUT2D eigenvalue weighted by molar-refractivity contribution is 5.89. The molecule has 1 fully saturated rings. The lowest BCUT2D eigenvalue weighted by molar-refractivity contribution is -0.122. The summed E-state index contributed by atoms with van der Waals surface area (Å²) in [6.45, 7) is 1.73. The van der Waals surface area contributed by atoms with Crippen LogP contribution in [-0.4, -0.2) is 53.1 Å². The van der Waals surface area contributed by atoms with E-state index in [1.807, 2.05) is 12.1 Å². The first kappa shape index (κ1) is 22.0. The molecule has 33 heavy (non-hydrogen) atoms. The van der Waals surface area contributed by atoms with Gasteiger partial charge in [0.1, 0.15) is 11.7 Å². The van der Waals surface area contributed by atoms with Gasteiger partial charge in [-0.25, -0.2) is 4.79 Å². The lowest BCUT2D eigenvalue weighted by Gasteiger charge is -2.26. The molecule has 1 aliphatic rings. The zero-order valence-corrected chi connectivity index (χ0v) is 18.3. The molecule has 1 aromatic heterocycles. The predicted octanol–water partition coefficient (Wildman–Crippen LogP) is 2.39. The molecule has 9 heteroatoms. The SMILES string of the molecule is COC(=O)c1ccc(-c2cn(CCNC(=O)C3CCCN3c3ccc(C#N)cc3)nn2)cc1. The van der Waals surface area contributed by atoms with E-state index < -0.39 is 0 Å². The summed E-state index contributed by atoms with van der Waals surface area (Å²) in [7, 11) is 1.35. The van der Waals surface area contributed by atoms with Crippen molar-refractivity contribution in [2.24, 2.45) is 0 Å². The lowest BCUT2D eigenvalue weighted by Crippen LogP contribution is -2.44. The molecule has 9 nitrogen and oxygen atoms in total. The first-order valence-electron chi connectivity index (χ1n) is 10.7. The summed E-state index contributed by atoms with van der Waals surface area (Å²) < 4.78 is 6.38. The molecule has 168 valence electrons. The summed E-state index contributed by atoms with van der Waals surface area (Å²) in [4.78, 5) is 26.4. The second-order valence-corrected chi connectivity index (χ2v) is 7.74. The number of carbonyl (C=O) groups is 2. The molecule has 0 aliphatic carbocycles. The number of carbonyl (C=O) groups excluding carboxylic acids is 2. The molecule has 0 spiro atoms. The normalized spacial score (nSPS) is 15.2. The highest BCUT2D eigenvalue weighted by Gasteiger charge is 2.30. The van der Waals surface area contributed by atoms with Crippen LogP contribution in [0.1, 0.15) is 28.8 Å². The van der Waals surface area contributed by atoms with E-state index >= 15 is 0 Å². The van der Waals surface area contributed by atoms with Crippen LogP contribution < -0.4 is 10.2 Å². The van der Waals surface area contributed by atoms with Crippen molar-refractivity contribution in [3.63, 3.8) is 0 Å². The van der Waals surface area contributed by atoms with Gasteiger partial charge in [-0.05, 0) is 49.2 Å². The summed E-state index contributed by atoms with van der Waals surface area (Å²) in [5.41, 5.74) is 3.54. The molecule has 1 unspecified atom stereocenters. The molecule has 1 N–H and O–H groups in total. The minimum absolute atomic E-state index is 0.0180. The van der Waals surface area contributed by atoms with Crippen LogP contribution in [0.3, 0.4) is 0 Å². The standard InChI is InChI=1S/C24H24N6O3/c1-33-24(32)19-8-6-18(7-9-19)21-16-29(28-27-21)14-12-26-23(31)22-3-2-13-30(22)20-10-4-17(15-25)5-11-20/h4-11,16,22H,2-3,12-14H2,1H3,(H,26,31). The number of hydrogen-bond donors (Lipinski definition) is 1. The Balaban J connectivity index is 1.31. The number of benzene rings is 2. The molecular formula is C24H24N6O3. The summed E-state index contributed by atoms with van der Waals surface area (Å²) >= 11 is 0. The molecule has 2 aromatic carbocycles. The van der Waals surface area contributed by atoms with Gasteiger partial charge >= 0.3 is 5.97 Å². The Hall–Kier alpha value is -4.19. The molecule has 1 aliphatic heterocycles. The van der Waals surface area contributed by atoms with Gasteiger partial charge in [-0.2, -0.15) is 5.26 Å². The van der Waals surface area contributed by atoms with Crippen LogP contribution in [-0.2, 0) is 16.1 Å². The van der Waals surface area contributed by atoms with Crippen molar-refractivity contribution in [1.82, 2.24) is 20.3 Å². The van der Waals surface area contributed by atoms with Crippen molar-refractivity contribution < 1.29 is 14.3 Å². The quantitative estimate of drug-likeness (QED) is 0.557. The number of nitrogens with one attached hydrogen (secondary N) is 1. The van der Waals surface area contributed by atoms with Gasteiger partial charge in [-0.3, -0.25) is 9.48 Å². The number of ether oxygens (including phenoxy) is 1. The Labute approximate surface area is 191 Å². The van der Waals surface area contributed by atoms with Crippen molar-refractivity contribution in [3.05, 3.63) is 65.9 Å². The van der Waals surface area contributed by atoms with Crippen molar-refractivity contribution >= 4 is 17.6 Å². The molecule has 3 aromatic rings. The van der Waals surface area contributed by atoms with Gasteiger partial charge in [0.2, 0.25) is 5.91 Å². The van der Waals surface area contributed by atoms with Crippen LogP contribution >= 0.6 is 0 Å². The zero-order chi connectivity index (χ0) is 23.2. The molecule has 4 rings (SSSR count). The molecular weight excluding hydrogens is 420 g/mol. The van der Waals surface area contributed by atoms with Gasteiger partial charge in [-0.15, -0.1) is 5.10 Å². The molecule has 1 atom stereocenters. The minimum Gasteiger partial charge on any atom is -0.465 e. The Morgan fingerprint density at radius 2 is 1.94 bits per heavy atom. The van der Waals surface area contributed by atoms with E-state index in [1.54, 1.807) is 47.3 Å². The van der Waals surface area contributed by atoms with E-state index in [0.717, 1.165) is 30.6 Å². The van der Waals surface area contributed by atoms with Crippen molar-refractivity contribution in [1.29, 1.82) is 5.26 Å². The summed E-state index contributed by atoms with van der Waals surface area (Å²) in [5, 5.41) is 20.3. The number of amides is 1. The van der Waals surface area contributed by atoms with Gasteiger partial charge < -0.3 is 15.0 Å². The third-order valence-corrected chi connectivity index (χ3v) is 5.66. The Bertz CT molecular complexity index is 1160. The van der Waals surface area contributed by atoms with Crippen LogP contribution in [0.25, 0.3) is 11.3 Å². The predicted molar refractivity (Wildman–Crippen MR) is 121 cm³/mol. The average Bonchev–Trinajstić information content (AvgIpc) is 3.54. The van der Waals surface area contributed by atoms with Gasteiger partial charge in [0, 0.05) is 24.3 Å². The van der Waals surface area contributed by atoms with Gasteiger partial charge in [0.05, 0.1) is 37.0 Å². The van der Waals surface area contributed by atoms with E-state index in [2.05, 4.69) is 26.6 Å². The zero-order valence-electron chi connectivity index (χ0n) is 18.3. The maximum absolute atomic E-state index is 12.8. The van der Waals surface area contributed by atoms with E-state index in [4.69, 9.17) is 10.00 Å². The second kappa shape index (κ2) is 9.96. The number of nitriles is 1. The van der Waals surface area contributed by atoms with Gasteiger partial charge in [-0.1, -0.05) is 17.3 Å². The summed E-state index contributed by atoms with van der Waals surface area (Å²) in [5.74, 6) is -0.406. The largest absolute Gasteiger partial charge is 0.465 e. The van der Waals surface area contributed by atoms with Crippen molar-refractivity contribution in [2.75, 3.05) is 25.1 Å². The first-order valence-corrected chi connectivity index (χ1v) is 10.7. The molecule has 2 heterocycles. The maximum atomic E-state index is 12.8. The first-order chi connectivity index (χ1) is 16.1. The number of nitrogens with zero attached hydrogens (tertiary/aromatic N) is 5. The van der Waals surface area contributed by atoms with Crippen LogP contribution in [0.15, 0.2) is 54.7 Å². The summed E-state index contributed by atoms with van der Waals surface area (Å²) in [6, 6.07) is 16.2. The fourth-order valence-corrected chi connectivity index (χ4v) is 3.92. The highest BCUT2D eigenvalue weighted by Crippen LogP contribution is 2.26. The third kappa shape index (κ3) is 5.01. The van der Waals surface area contributed by atoms with Crippen molar-refractivity contribution in [3.8, 4) is 17.3 Å².